The SMILES string of the molecule is O=C(CCN1CCc2sccc2[C@H]1c1ccccc1)N1CCCN(C(=O)C2CCCCC2)CC1. The van der Waals surface area contributed by atoms with Gasteiger partial charge in [0, 0.05) is 56.5 Å². The summed E-state index contributed by atoms with van der Waals surface area (Å²) in [5.41, 5.74) is 2.71. The number of hydrogen-bond donors (Lipinski definition) is 0. The van der Waals surface area contributed by atoms with E-state index in [1.807, 2.05) is 21.1 Å². The third-order valence-electron chi connectivity index (χ3n) is 7.91. The summed E-state index contributed by atoms with van der Waals surface area (Å²) in [6.45, 7) is 4.69. The Morgan fingerprint density at radius 3 is 2.44 bits per heavy atom. The largest absolute Gasteiger partial charge is 0.341 e. The van der Waals surface area contributed by atoms with Crippen molar-refractivity contribution < 1.29 is 9.59 Å². The predicted molar refractivity (Wildman–Crippen MR) is 137 cm³/mol. The van der Waals surface area contributed by atoms with Crippen molar-refractivity contribution in [1.29, 1.82) is 0 Å². The summed E-state index contributed by atoms with van der Waals surface area (Å²) < 4.78 is 0. The van der Waals surface area contributed by atoms with E-state index in [2.05, 4.69) is 46.7 Å². The van der Waals surface area contributed by atoms with Crippen molar-refractivity contribution in [3.05, 3.63) is 57.8 Å². The highest BCUT2D eigenvalue weighted by molar-refractivity contribution is 7.10. The van der Waals surface area contributed by atoms with Crippen LogP contribution in [0.3, 0.4) is 0 Å². The zero-order valence-electron chi connectivity index (χ0n) is 20.2. The second-order valence-corrected chi connectivity index (χ2v) is 11.0. The first-order chi connectivity index (χ1) is 16.7. The highest BCUT2D eigenvalue weighted by Gasteiger charge is 2.31. The first-order valence-electron chi connectivity index (χ1n) is 13.1. The van der Waals surface area contributed by atoms with Crippen LogP contribution in [0.2, 0.25) is 0 Å². The number of benzene rings is 1. The molecule has 3 heterocycles. The molecule has 5 rings (SSSR count). The Kier molecular flexibility index (Phi) is 7.65. The van der Waals surface area contributed by atoms with Crippen LogP contribution in [-0.2, 0) is 16.0 Å². The van der Waals surface area contributed by atoms with Gasteiger partial charge in [0.05, 0.1) is 6.04 Å². The number of fused-ring (bicyclic) bond motifs is 1. The van der Waals surface area contributed by atoms with Crippen LogP contribution in [0.15, 0.2) is 41.8 Å². The average molecular weight is 480 g/mol. The molecule has 34 heavy (non-hydrogen) atoms. The molecule has 1 aromatic heterocycles. The molecule has 2 amide bonds. The summed E-state index contributed by atoms with van der Waals surface area (Å²) in [6, 6.07) is 13.2. The van der Waals surface area contributed by atoms with Gasteiger partial charge in [-0.05, 0) is 48.3 Å². The molecule has 2 aromatic rings. The molecular weight excluding hydrogens is 442 g/mol. The van der Waals surface area contributed by atoms with Gasteiger partial charge in [0.25, 0.3) is 0 Å². The molecule has 1 aliphatic carbocycles. The normalized spacial score (nSPS) is 22.3. The van der Waals surface area contributed by atoms with Crippen molar-refractivity contribution in [2.24, 2.45) is 5.92 Å². The van der Waals surface area contributed by atoms with Crippen LogP contribution in [0.5, 0.6) is 0 Å². The molecule has 1 atom stereocenters. The van der Waals surface area contributed by atoms with E-state index in [0.717, 1.165) is 51.9 Å². The number of carbonyl (C=O) groups is 2. The van der Waals surface area contributed by atoms with Crippen LogP contribution in [0.4, 0.5) is 0 Å². The number of rotatable bonds is 5. The van der Waals surface area contributed by atoms with Crippen molar-refractivity contribution >= 4 is 23.2 Å². The molecule has 6 heteroatoms. The molecule has 1 saturated carbocycles. The monoisotopic (exact) mass is 479 g/mol. The van der Waals surface area contributed by atoms with Gasteiger partial charge in [-0.1, -0.05) is 49.6 Å². The van der Waals surface area contributed by atoms with Crippen LogP contribution in [0, 0.1) is 5.92 Å². The van der Waals surface area contributed by atoms with E-state index < -0.39 is 0 Å². The molecule has 182 valence electrons. The number of hydrogen-bond acceptors (Lipinski definition) is 4. The molecule has 0 N–H and O–H groups in total. The number of carbonyl (C=O) groups excluding carboxylic acids is 2. The van der Waals surface area contributed by atoms with E-state index in [1.165, 1.54) is 35.3 Å². The Hall–Kier alpha value is -2.18. The Balaban J connectivity index is 1.18. The molecule has 0 bridgehead atoms. The second-order valence-electron chi connectivity index (χ2n) is 10.0. The van der Waals surface area contributed by atoms with Gasteiger partial charge in [0.15, 0.2) is 0 Å². The minimum Gasteiger partial charge on any atom is -0.341 e. The molecule has 5 nitrogen and oxygen atoms in total. The van der Waals surface area contributed by atoms with Crippen LogP contribution >= 0.6 is 11.3 Å². The molecule has 2 aliphatic heterocycles. The summed E-state index contributed by atoms with van der Waals surface area (Å²) in [6.07, 6.45) is 8.21. The predicted octanol–water partition coefficient (Wildman–Crippen LogP) is 4.73. The van der Waals surface area contributed by atoms with E-state index in [0.29, 0.717) is 25.4 Å². The average Bonchev–Trinajstić information content (AvgIpc) is 3.23. The summed E-state index contributed by atoms with van der Waals surface area (Å²) in [4.78, 5) is 34.2. The van der Waals surface area contributed by atoms with E-state index in [9.17, 15) is 9.59 Å². The third-order valence-corrected chi connectivity index (χ3v) is 8.91. The van der Waals surface area contributed by atoms with Gasteiger partial charge in [-0.25, -0.2) is 0 Å². The van der Waals surface area contributed by atoms with Gasteiger partial charge in [0.1, 0.15) is 0 Å². The lowest BCUT2D eigenvalue weighted by molar-refractivity contribution is -0.137. The molecule has 0 unspecified atom stereocenters. The molecule has 3 aliphatic rings. The Morgan fingerprint density at radius 2 is 1.62 bits per heavy atom. The quantitative estimate of drug-likeness (QED) is 0.623. The van der Waals surface area contributed by atoms with Gasteiger partial charge < -0.3 is 9.80 Å². The van der Waals surface area contributed by atoms with E-state index >= 15 is 0 Å². The summed E-state index contributed by atoms with van der Waals surface area (Å²) in [7, 11) is 0. The molecule has 1 aromatic carbocycles. The Morgan fingerprint density at radius 1 is 0.853 bits per heavy atom. The zero-order valence-corrected chi connectivity index (χ0v) is 21.0. The summed E-state index contributed by atoms with van der Waals surface area (Å²) in [5, 5.41) is 2.20. The van der Waals surface area contributed by atoms with Crippen LogP contribution in [0.25, 0.3) is 0 Å². The van der Waals surface area contributed by atoms with E-state index in [-0.39, 0.29) is 17.9 Å². The molecular formula is C28H37N3O2S. The minimum atomic E-state index is 0.215. The lowest BCUT2D eigenvalue weighted by atomic mass is 9.88. The van der Waals surface area contributed by atoms with E-state index in [4.69, 9.17) is 0 Å². The van der Waals surface area contributed by atoms with Crippen LogP contribution in [-0.4, -0.2) is 65.8 Å². The summed E-state index contributed by atoms with van der Waals surface area (Å²) in [5.74, 6) is 0.779. The van der Waals surface area contributed by atoms with Crippen molar-refractivity contribution in [3.63, 3.8) is 0 Å². The summed E-state index contributed by atoms with van der Waals surface area (Å²) >= 11 is 1.85. The highest BCUT2D eigenvalue weighted by atomic mass is 32.1. The smallest absolute Gasteiger partial charge is 0.225 e. The van der Waals surface area contributed by atoms with Crippen molar-refractivity contribution in [2.45, 2.75) is 57.4 Å². The fourth-order valence-corrected chi connectivity index (χ4v) is 6.93. The van der Waals surface area contributed by atoms with Gasteiger partial charge in [-0.3, -0.25) is 14.5 Å². The van der Waals surface area contributed by atoms with Crippen LogP contribution in [0.1, 0.15) is 67.0 Å². The van der Waals surface area contributed by atoms with Crippen molar-refractivity contribution in [1.82, 2.24) is 14.7 Å². The number of nitrogens with zero attached hydrogens (tertiary/aromatic N) is 3. The fourth-order valence-electron chi connectivity index (χ4n) is 6.03. The highest BCUT2D eigenvalue weighted by Crippen LogP contribution is 2.37. The number of thiophene rings is 1. The van der Waals surface area contributed by atoms with Crippen LogP contribution < -0.4 is 0 Å². The Bertz CT molecular complexity index is 969. The standard InChI is InChI=1S/C28H37N3O2S/c32-26(29-15-7-16-31(20-19-29)28(33)23-10-5-2-6-11-23)13-18-30-17-12-25-24(14-21-34-25)27(30)22-8-3-1-4-9-22/h1,3-4,8-9,14,21,23,27H,2,5-7,10-13,15-20H2/t27-/m1/s1. The van der Waals surface area contributed by atoms with Crippen molar-refractivity contribution in [3.8, 4) is 0 Å². The molecule has 0 spiro atoms. The van der Waals surface area contributed by atoms with E-state index in [1.54, 1.807) is 0 Å². The first kappa shape index (κ1) is 23.6. The molecule has 0 radical (unpaired) electrons. The first-order valence-corrected chi connectivity index (χ1v) is 14.0. The number of amides is 2. The third kappa shape index (κ3) is 5.23. The fraction of sp³-hybridized carbons (Fsp3) is 0.571. The molecule has 2 fully saturated rings. The van der Waals surface area contributed by atoms with Crippen molar-refractivity contribution in [2.75, 3.05) is 39.3 Å². The van der Waals surface area contributed by atoms with Gasteiger partial charge >= 0.3 is 0 Å². The maximum Gasteiger partial charge on any atom is 0.225 e. The van der Waals surface area contributed by atoms with Gasteiger partial charge in [-0.15, -0.1) is 11.3 Å². The Labute approximate surface area is 207 Å². The second kappa shape index (κ2) is 11.0. The lowest BCUT2D eigenvalue weighted by Crippen LogP contribution is -2.41. The van der Waals surface area contributed by atoms with Gasteiger partial charge in [0.2, 0.25) is 11.8 Å². The maximum atomic E-state index is 13.2. The molecule has 1 saturated heterocycles. The zero-order chi connectivity index (χ0) is 23.3. The van der Waals surface area contributed by atoms with Gasteiger partial charge in [-0.2, -0.15) is 0 Å². The topological polar surface area (TPSA) is 43.9 Å². The maximum absolute atomic E-state index is 13.2. The lowest BCUT2D eigenvalue weighted by Gasteiger charge is -2.36. The minimum absolute atomic E-state index is 0.215.